The molecule has 1 aliphatic heterocycles. The lowest BCUT2D eigenvalue weighted by Crippen LogP contribution is -2.34. The van der Waals surface area contributed by atoms with Crippen molar-refractivity contribution in [1.82, 2.24) is 9.78 Å². The van der Waals surface area contributed by atoms with Crippen molar-refractivity contribution in [1.29, 1.82) is 0 Å². The number of aliphatic hydroxyl groups excluding tert-OH is 1. The van der Waals surface area contributed by atoms with Gasteiger partial charge in [-0.15, -0.1) is 0 Å². The second-order valence-corrected chi connectivity index (χ2v) is 4.43. The number of nitrogens with zero attached hydrogens (tertiary/aromatic N) is 2. The summed E-state index contributed by atoms with van der Waals surface area (Å²) in [6.45, 7) is 1.50. The smallest absolute Gasteiger partial charge is 0.124 e. The Kier molecular flexibility index (Phi) is 3.59. The van der Waals surface area contributed by atoms with Crippen LogP contribution in [0.15, 0.2) is 42.6 Å². The number of aromatic nitrogens is 2. The Morgan fingerprint density at radius 2 is 2.05 bits per heavy atom. The van der Waals surface area contributed by atoms with Gasteiger partial charge in [0.1, 0.15) is 12.2 Å². The quantitative estimate of drug-likeness (QED) is 0.904. The monoisotopic (exact) mass is 260 g/mol. The lowest BCUT2D eigenvalue weighted by molar-refractivity contribution is -0.134. The molecule has 0 aliphatic carbocycles. The first kappa shape index (κ1) is 12.3. The van der Waals surface area contributed by atoms with Crippen molar-refractivity contribution in [2.24, 2.45) is 0 Å². The van der Waals surface area contributed by atoms with Crippen LogP contribution in [0.25, 0.3) is 5.69 Å². The average molecular weight is 260 g/mol. The molecule has 0 amide bonds. The number of ether oxygens (including phenoxy) is 2. The fraction of sp³-hybridized carbons (Fsp3) is 0.357. The van der Waals surface area contributed by atoms with Crippen molar-refractivity contribution >= 4 is 0 Å². The van der Waals surface area contributed by atoms with Crippen molar-refractivity contribution in [3.05, 3.63) is 48.3 Å². The number of para-hydroxylation sites is 1. The minimum atomic E-state index is -0.747. The molecule has 1 fully saturated rings. The summed E-state index contributed by atoms with van der Waals surface area (Å²) in [7, 11) is 0. The number of rotatable bonds is 3. The van der Waals surface area contributed by atoms with Crippen LogP contribution in [0.3, 0.4) is 0 Å². The molecule has 1 N–H and O–H groups in total. The summed E-state index contributed by atoms with van der Waals surface area (Å²) in [5.74, 6) is 0. The van der Waals surface area contributed by atoms with E-state index >= 15 is 0 Å². The summed E-state index contributed by atoms with van der Waals surface area (Å²) in [5, 5.41) is 14.7. The number of aliphatic hydroxyl groups is 1. The van der Waals surface area contributed by atoms with Gasteiger partial charge < -0.3 is 14.6 Å². The molecular formula is C14H16N2O3. The number of benzene rings is 1. The molecule has 19 heavy (non-hydrogen) atoms. The second-order valence-electron chi connectivity index (χ2n) is 4.43. The molecule has 3 rings (SSSR count). The van der Waals surface area contributed by atoms with Crippen molar-refractivity contribution in [2.45, 2.75) is 12.2 Å². The van der Waals surface area contributed by atoms with Gasteiger partial charge in [0.15, 0.2) is 0 Å². The third kappa shape index (κ3) is 2.53. The summed E-state index contributed by atoms with van der Waals surface area (Å²) in [6.07, 6.45) is 0.589. The van der Waals surface area contributed by atoms with Gasteiger partial charge >= 0.3 is 0 Å². The van der Waals surface area contributed by atoms with Gasteiger partial charge in [-0.1, -0.05) is 18.2 Å². The largest absolute Gasteiger partial charge is 0.384 e. The van der Waals surface area contributed by atoms with Crippen LogP contribution in [-0.2, 0) is 9.47 Å². The third-order valence-corrected chi connectivity index (χ3v) is 3.17. The van der Waals surface area contributed by atoms with E-state index in [9.17, 15) is 5.11 Å². The van der Waals surface area contributed by atoms with E-state index in [4.69, 9.17) is 9.47 Å². The van der Waals surface area contributed by atoms with Crippen LogP contribution in [-0.4, -0.2) is 40.8 Å². The molecule has 0 bridgehead atoms. The van der Waals surface area contributed by atoms with Crippen molar-refractivity contribution < 1.29 is 14.6 Å². The van der Waals surface area contributed by atoms with Gasteiger partial charge in [0.25, 0.3) is 0 Å². The molecule has 1 saturated heterocycles. The molecule has 0 spiro atoms. The Hall–Kier alpha value is -1.69. The van der Waals surface area contributed by atoms with Gasteiger partial charge in [0, 0.05) is 6.20 Å². The van der Waals surface area contributed by atoms with Crippen LogP contribution < -0.4 is 0 Å². The Morgan fingerprint density at radius 3 is 2.79 bits per heavy atom. The first-order chi connectivity index (χ1) is 9.36. The van der Waals surface area contributed by atoms with E-state index in [2.05, 4.69) is 5.10 Å². The van der Waals surface area contributed by atoms with Crippen LogP contribution >= 0.6 is 0 Å². The summed E-state index contributed by atoms with van der Waals surface area (Å²) < 4.78 is 12.6. The van der Waals surface area contributed by atoms with Gasteiger partial charge in [-0.2, -0.15) is 5.10 Å². The molecule has 5 nitrogen and oxygen atoms in total. The molecule has 1 aromatic carbocycles. The zero-order valence-corrected chi connectivity index (χ0v) is 10.5. The first-order valence-electron chi connectivity index (χ1n) is 6.33. The highest BCUT2D eigenvalue weighted by atomic mass is 16.6. The molecule has 2 aromatic rings. The number of hydrogen-bond donors (Lipinski definition) is 1. The predicted octanol–water partition coefficient (Wildman–Crippen LogP) is 1.32. The van der Waals surface area contributed by atoms with Gasteiger partial charge in [0.2, 0.25) is 0 Å². The molecule has 2 unspecified atom stereocenters. The van der Waals surface area contributed by atoms with E-state index in [1.54, 1.807) is 16.9 Å². The summed E-state index contributed by atoms with van der Waals surface area (Å²) in [5.41, 5.74) is 1.62. The van der Waals surface area contributed by atoms with E-state index < -0.39 is 6.10 Å². The average Bonchev–Trinajstić information content (AvgIpc) is 2.98. The molecule has 0 radical (unpaired) electrons. The molecule has 1 aliphatic rings. The van der Waals surface area contributed by atoms with Crippen LogP contribution in [0, 0.1) is 0 Å². The van der Waals surface area contributed by atoms with Crippen LogP contribution in [0.5, 0.6) is 0 Å². The van der Waals surface area contributed by atoms with Gasteiger partial charge in [-0.25, -0.2) is 4.68 Å². The van der Waals surface area contributed by atoms with E-state index in [0.717, 1.165) is 5.69 Å². The Balaban J connectivity index is 1.87. The fourth-order valence-corrected chi connectivity index (χ4v) is 2.20. The molecular weight excluding hydrogens is 244 g/mol. The van der Waals surface area contributed by atoms with Gasteiger partial charge in [-0.05, 0) is 18.2 Å². The second kappa shape index (κ2) is 5.52. The minimum absolute atomic E-state index is 0.340. The molecule has 2 atom stereocenters. The van der Waals surface area contributed by atoms with E-state index in [0.29, 0.717) is 25.5 Å². The maximum atomic E-state index is 10.4. The molecule has 1 aromatic heterocycles. The number of hydrogen-bond acceptors (Lipinski definition) is 4. The van der Waals surface area contributed by atoms with Gasteiger partial charge in [-0.3, -0.25) is 0 Å². The summed E-state index contributed by atoms with van der Waals surface area (Å²) in [6, 6.07) is 11.5. The SMILES string of the molecule is OC(c1ccnn1-c1ccccc1)C1COCCO1. The maximum absolute atomic E-state index is 10.4. The van der Waals surface area contributed by atoms with E-state index in [1.165, 1.54) is 0 Å². The zero-order chi connectivity index (χ0) is 13.1. The van der Waals surface area contributed by atoms with E-state index in [1.807, 2.05) is 30.3 Å². The standard InChI is InChI=1S/C14H16N2O3/c17-14(13-10-18-8-9-19-13)12-6-7-15-16(12)11-4-2-1-3-5-11/h1-7,13-14,17H,8-10H2. The lowest BCUT2D eigenvalue weighted by atomic mass is 10.1. The van der Waals surface area contributed by atoms with Crippen LogP contribution in [0.4, 0.5) is 0 Å². The third-order valence-electron chi connectivity index (χ3n) is 3.17. The van der Waals surface area contributed by atoms with E-state index in [-0.39, 0.29) is 6.10 Å². The normalized spacial score (nSPS) is 21.2. The predicted molar refractivity (Wildman–Crippen MR) is 69.1 cm³/mol. The Morgan fingerprint density at radius 1 is 1.21 bits per heavy atom. The van der Waals surface area contributed by atoms with Crippen molar-refractivity contribution in [2.75, 3.05) is 19.8 Å². The highest BCUT2D eigenvalue weighted by molar-refractivity contribution is 5.33. The first-order valence-corrected chi connectivity index (χ1v) is 6.33. The minimum Gasteiger partial charge on any atom is -0.384 e. The molecule has 100 valence electrons. The highest BCUT2D eigenvalue weighted by Gasteiger charge is 2.27. The molecule has 2 heterocycles. The Labute approximate surface area is 111 Å². The lowest BCUT2D eigenvalue weighted by Gasteiger charge is -2.27. The molecule has 0 saturated carbocycles. The van der Waals surface area contributed by atoms with Crippen LogP contribution in [0.2, 0.25) is 0 Å². The summed E-state index contributed by atoms with van der Waals surface area (Å²) in [4.78, 5) is 0. The van der Waals surface area contributed by atoms with Crippen molar-refractivity contribution in [3.8, 4) is 5.69 Å². The zero-order valence-electron chi connectivity index (χ0n) is 10.5. The van der Waals surface area contributed by atoms with Crippen LogP contribution in [0.1, 0.15) is 11.8 Å². The highest BCUT2D eigenvalue weighted by Crippen LogP contribution is 2.23. The topological polar surface area (TPSA) is 56.5 Å². The van der Waals surface area contributed by atoms with Crippen molar-refractivity contribution in [3.63, 3.8) is 0 Å². The summed E-state index contributed by atoms with van der Waals surface area (Å²) >= 11 is 0. The van der Waals surface area contributed by atoms with Gasteiger partial charge in [0.05, 0.1) is 31.2 Å². The fourth-order valence-electron chi connectivity index (χ4n) is 2.20. The molecule has 5 heteroatoms. The maximum Gasteiger partial charge on any atom is 0.124 e. The Bertz CT molecular complexity index is 520.